The lowest BCUT2D eigenvalue weighted by Crippen LogP contribution is -2.30. The van der Waals surface area contributed by atoms with Gasteiger partial charge in [0, 0.05) is 6.42 Å². The number of benzene rings is 1. The molecule has 1 amide bonds. The number of carbonyl (C=O) groups is 1. The minimum absolute atomic E-state index is 0.166. The van der Waals surface area contributed by atoms with E-state index in [1.807, 2.05) is 19.9 Å². The lowest BCUT2D eigenvalue weighted by molar-refractivity contribution is -0.121. The van der Waals surface area contributed by atoms with Gasteiger partial charge < -0.3 is 4.74 Å². The van der Waals surface area contributed by atoms with Gasteiger partial charge in [-0.15, -0.1) is 0 Å². The van der Waals surface area contributed by atoms with Gasteiger partial charge in [-0.25, -0.2) is 5.84 Å². The summed E-state index contributed by atoms with van der Waals surface area (Å²) in [6, 6.07) is 4.04. The third kappa shape index (κ3) is 2.97. The van der Waals surface area contributed by atoms with Crippen LogP contribution in [-0.2, 0) is 11.2 Å². The van der Waals surface area contributed by atoms with Gasteiger partial charge in [0.25, 0.3) is 0 Å². The fraction of sp³-hybridized carbons (Fsp3) is 0.417. The molecule has 4 heteroatoms. The molecular weight excluding hydrogens is 204 g/mol. The summed E-state index contributed by atoms with van der Waals surface area (Å²) in [5, 5.41) is 0. The van der Waals surface area contributed by atoms with Crippen LogP contribution >= 0.6 is 0 Å². The Hall–Kier alpha value is -1.55. The lowest BCUT2D eigenvalue weighted by Gasteiger charge is -2.11. The SMILES string of the molecule is COc1cc(C)c(C)cc1CCC(=O)NN. The highest BCUT2D eigenvalue weighted by molar-refractivity contribution is 5.75. The van der Waals surface area contributed by atoms with Gasteiger partial charge in [-0.05, 0) is 43.0 Å². The summed E-state index contributed by atoms with van der Waals surface area (Å²) in [7, 11) is 1.64. The summed E-state index contributed by atoms with van der Waals surface area (Å²) in [6.07, 6.45) is 1.00. The molecule has 0 bridgehead atoms. The maximum absolute atomic E-state index is 11.1. The molecule has 4 nitrogen and oxygen atoms in total. The molecule has 0 radical (unpaired) electrons. The van der Waals surface area contributed by atoms with Crippen molar-refractivity contribution in [1.82, 2.24) is 5.43 Å². The molecule has 0 atom stereocenters. The highest BCUT2D eigenvalue weighted by atomic mass is 16.5. The molecule has 0 saturated carbocycles. The predicted octanol–water partition coefficient (Wildman–Crippen LogP) is 1.23. The van der Waals surface area contributed by atoms with Gasteiger partial charge in [-0.1, -0.05) is 6.07 Å². The lowest BCUT2D eigenvalue weighted by atomic mass is 10.0. The zero-order valence-electron chi connectivity index (χ0n) is 9.96. The standard InChI is InChI=1S/C12H18N2O2/c1-8-6-10(4-5-12(15)14-13)11(16-3)7-9(8)2/h6-7H,4-5,13H2,1-3H3,(H,14,15). The average Bonchev–Trinajstić information content (AvgIpc) is 2.29. The maximum Gasteiger partial charge on any atom is 0.234 e. The molecule has 0 unspecified atom stereocenters. The van der Waals surface area contributed by atoms with Crippen molar-refractivity contribution in [2.75, 3.05) is 7.11 Å². The first kappa shape index (κ1) is 12.5. The molecule has 1 aromatic rings. The van der Waals surface area contributed by atoms with Crippen molar-refractivity contribution < 1.29 is 9.53 Å². The fourth-order valence-corrected chi connectivity index (χ4v) is 1.56. The van der Waals surface area contributed by atoms with Crippen LogP contribution in [0.25, 0.3) is 0 Å². The first-order valence-electron chi connectivity index (χ1n) is 5.22. The van der Waals surface area contributed by atoms with Crippen molar-refractivity contribution in [1.29, 1.82) is 0 Å². The molecule has 1 aromatic carbocycles. The minimum Gasteiger partial charge on any atom is -0.496 e. The third-order valence-electron chi connectivity index (χ3n) is 2.68. The summed E-state index contributed by atoms with van der Waals surface area (Å²) in [6.45, 7) is 4.08. The van der Waals surface area contributed by atoms with Gasteiger partial charge in [0.2, 0.25) is 5.91 Å². The summed E-state index contributed by atoms with van der Waals surface area (Å²) >= 11 is 0. The highest BCUT2D eigenvalue weighted by Gasteiger charge is 2.07. The van der Waals surface area contributed by atoms with E-state index in [1.54, 1.807) is 7.11 Å². The van der Waals surface area contributed by atoms with E-state index in [0.717, 1.165) is 11.3 Å². The molecule has 0 fully saturated rings. The number of carbonyl (C=O) groups excluding carboxylic acids is 1. The Kier molecular flexibility index (Phi) is 4.31. The second kappa shape index (κ2) is 5.51. The molecule has 16 heavy (non-hydrogen) atoms. The molecule has 1 rings (SSSR count). The van der Waals surface area contributed by atoms with Gasteiger partial charge in [0.1, 0.15) is 5.75 Å². The maximum atomic E-state index is 11.1. The molecule has 0 aliphatic heterocycles. The van der Waals surface area contributed by atoms with Crippen LogP contribution in [0.15, 0.2) is 12.1 Å². The summed E-state index contributed by atoms with van der Waals surface area (Å²) < 4.78 is 5.28. The average molecular weight is 222 g/mol. The van der Waals surface area contributed by atoms with Crippen LogP contribution < -0.4 is 16.0 Å². The largest absolute Gasteiger partial charge is 0.496 e. The van der Waals surface area contributed by atoms with E-state index in [0.29, 0.717) is 12.8 Å². The number of amides is 1. The van der Waals surface area contributed by atoms with Crippen molar-refractivity contribution >= 4 is 5.91 Å². The Morgan fingerprint density at radius 2 is 2.00 bits per heavy atom. The Morgan fingerprint density at radius 3 is 2.56 bits per heavy atom. The van der Waals surface area contributed by atoms with Crippen molar-refractivity contribution in [2.45, 2.75) is 26.7 Å². The first-order chi connectivity index (χ1) is 7.58. The fourth-order valence-electron chi connectivity index (χ4n) is 1.56. The van der Waals surface area contributed by atoms with Crippen LogP contribution in [0.2, 0.25) is 0 Å². The second-order valence-electron chi connectivity index (χ2n) is 3.82. The molecular formula is C12H18N2O2. The Morgan fingerprint density at radius 1 is 1.38 bits per heavy atom. The molecule has 0 aromatic heterocycles. The van der Waals surface area contributed by atoms with Gasteiger partial charge in [-0.2, -0.15) is 0 Å². The van der Waals surface area contributed by atoms with Gasteiger partial charge in [-0.3, -0.25) is 10.2 Å². The molecule has 0 spiro atoms. The zero-order chi connectivity index (χ0) is 12.1. The quantitative estimate of drug-likeness (QED) is 0.457. The zero-order valence-corrected chi connectivity index (χ0v) is 9.96. The monoisotopic (exact) mass is 222 g/mol. The predicted molar refractivity (Wildman–Crippen MR) is 63.1 cm³/mol. The molecule has 88 valence electrons. The van der Waals surface area contributed by atoms with Gasteiger partial charge in [0.05, 0.1) is 7.11 Å². The Balaban J connectivity index is 2.86. The normalized spacial score (nSPS) is 10.0. The van der Waals surface area contributed by atoms with E-state index in [-0.39, 0.29) is 5.91 Å². The van der Waals surface area contributed by atoms with Gasteiger partial charge in [0.15, 0.2) is 0 Å². The van der Waals surface area contributed by atoms with Gasteiger partial charge >= 0.3 is 0 Å². The summed E-state index contributed by atoms with van der Waals surface area (Å²) in [5.41, 5.74) is 5.54. The summed E-state index contributed by atoms with van der Waals surface area (Å²) in [4.78, 5) is 11.1. The van der Waals surface area contributed by atoms with E-state index in [9.17, 15) is 4.79 Å². The van der Waals surface area contributed by atoms with E-state index in [4.69, 9.17) is 10.6 Å². The topological polar surface area (TPSA) is 64.3 Å². The van der Waals surface area contributed by atoms with Crippen LogP contribution in [0.5, 0.6) is 5.75 Å². The van der Waals surface area contributed by atoms with E-state index < -0.39 is 0 Å². The number of nitrogens with two attached hydrogens (primary N) is 1. The number of rotatable bonds is 4. The number of hydrogen-bond donors (Lipinski definition) is 2. The second-order valence-corrected chi connectivity index (χ2v) is 3.82. The number of nitrogens with one attached hydrogen (secondary N) is 1. The van der Waals surface area contributed by atoms with E-state index >= 15 is 0 Å². The van der Waals surface area contributed by atoms with Crippen LogP contribution in [0.3, 0.4) is 0 Å². The highest BCUT2D eigenvalue weighted by Crippen LogP contribution is 2.24. The number of ether oxygens (including phenoxy) is 1. The first-order valence-corrected chi connectivity index (χ1v) is 5.22. The van der Waals surface area contributed by atoms with Crippen LogP contribution in [0.4, 0.5) is 0 Å². The number of hydrazine groups is 1. The number of methoxy groups -OCH3 is 1. The smallest absolute Gasteiger partial charge is 0.234 e. The minimum atomic E-state index is -0.166. The van der Waals surface area contributed by atoms with Crippen molar-refractivity contribution in [2.24, 2.45) is 5.84 Å². The van der Waals surface area contributed by atoms with Crippen LogP contribution in [0, 0.1) is 13.8 Å². The Labute approximate surface area is 95.8 Å². The van der Waals surface area contributed by atoms with E-state index in [1.165, 1.54) is 11.1 Å². The Bertz CT molecular complexity index is 389. The number of aryl methyl sites for hydroxylation is 3. The van der Waals surface area contributed by atoms with E-state index in [2.05, 4.69) is 11.5 Å². The van der Waals surface area contributed by atoms with Crippen molar-refractivity contribution in [3.8, 4) is 5.75 Å². The molecule has 0 aliphatic carbocycles. The molecule has 0 heterocycles. The molecule has 0 aliphatic rings. The third-order valence-corrected chi connectivity index (χ3v) is 2.68. The molecule has 3 N–H and O–H groups in total. The number of hydrogen-bond acceptors (Lipinski definition) is 3. The van der Waals surface area contributed by atoms with Crippen LogP contribution in [-0.4, -0.2) is 13.0 Å². The van der Waals surface area contributed by atoms with Crippen molar-refractivity contribution in [3.63, 3.8) is 0 Å². The van der Waals surface area contributed by atoms with Crippen molar-refractivity contribution in [3.05, 3.63) is 28.8 Å². The van der Waals surface area contributed by atoms with Crippen LogP contribution in [0.1, 0.15) is 23.1 Å². The molecule has 0 saturated heterocycles. The summed E-state index contributed by atoms with van der Waals surface area (Å²) in [5.74, 6) is 5.69.